The van der Waals surface area contributed by atoms with Crippen molar-refractivity contribution in [1.29, 1.82) is 0 Å². The van der Waals surface area contributed by atoms with Crippen LogP contribution in [0, 0.1) is 6.92 Å². The van der Waals surface area contributed by atoms with Crippen molar-refractivity contribution in [3.63, 3.8) is 0 Å². The number of Topliss-reactive ketones (excluding diaryl/α,β-unsaturated/α-hetero) is 1. The lowest BCUT2D eigenvalue weighted by Crippen LogP contribution is -2.40. The van der Waals surface area contributed by atoms with Crippen molar-refractivity contribution in [3.05, 3.63) is 34.3 Å². The van der Waals surface area contributed by atoms with Crippen LogP contribution in [-0.4, -0.2) is 29.7 Å². The van der Waals surface area contributed by atoms with Crippen LogP contribution in [0.25, 0.3) is 0 Å². The number of ketones is 1. The van der Waals surface area contributed by atoms with Gasteiger partial charge in [0.05, 0.1) is 17.1 Å². The molecule has 0 N–H and O–H groups in total. The Morgan fingerprint density at radius 3 is 2.82 bits per heavy atom. The number of piperidine rings is 1. The van der Waals surface area contributed by atoms with Crippen LogP contribution in [0.1, 0.15) is 28.8 Å². The van der Waals surface area contributed by atoms with Gasteiger partial charge in [0.25, 0.3) is 5.91 Å². The summed E-state index contributed by atoms with van der Waals surface area (Å²) >= 11 is 6.05. The van der Waals surface area contributed by atoms with Crippen molar-refractivity contribution < 1.29 is 9.59 Å². The zero-order valence-electron chi connectivity index (χ0n) is 9.70. The number of carbonyl (C=O) groups excluding carboxylic acids is 2. The molecule has 90 valence electrons. The van der Waals surface area contributed by atoms with E-state index in [2.05, 4.69) is 0 Å². The van der Waals surface area contributed by atoms with Crippen molar-refractivity contribution in [2.45, 2.75) is 19.8 Å². The summed E-state index contributed by atoms with van der Waals surface area (Å²) in [5, 5.41) is 0.452. The Morgan fingerprint density at radius 2 is 2.18 bits per heavy atom. The molecule has 3 nitrogen and oxygen atoms in total. The standard InChI is InChI=1S/C13H14ClNO2/c1-9-4-5-11(12(14)7-9)13(17)15-6-2-3-10(16)8-15/h4-5,7H,2-3,6,8H2,1H3. The third-order valence-corrected chi connectivity index (χ3v) is 3.21. The monoisotopic (exact) mass is 251 g/mol. The molecule has 0 unspecified atom stereocenters. The predicted octanol–water partition coefficient (Wildman–Crippen LogP) is 2.45. The third kappa shape index (κ3) is 2.67. The second kappa shape index (κ2) is 4.88. The Hall–Kier alpha value is -1.35. The van der Waals surface area contributed by atoms with Crippen molar-refractivity contribution in [2.75, 3.05) is 13.1 Å². The van der Waals surface area contributed by atoms with Crippen LogP contribution in [0.5, 0.6) is 0 Å². The van der Waals surface area contributed by atoms with Crippen LogP contribution < -0.4 is 0 Å². The first-order valence-corrected chi connectivity index (χ1v) is 6.03. The Bertz CT molecular complexity index is 470. The fourth-order valence-corrected chi connectivity index (χ4v) is 2.29. The molecule has 0 aromatic heterocycles. The molecule has 2 rings (SSSR count). The highest BCUT2D eigenvalue weighted by molar-refractivity contribution is 6.33. The molecular formula is C13H14ClNO2. The Balaban J connectivity index is 2.21. The Kier molecular flexibility index (Phi) is 3.48. The van der Waals surface area contributed by atoms with Gasteiger partial charge in [-0.05, 0) is 31.0 Å². The molecule has 1 fully saturated rings. The molecule has 1 heterocycles. The first kappa shape index (κ1) is 12.1. The molecule has 4 heteroatoms. The number of carbonyl (C=O) groups is 2. The number of nitrogens with zero attached hydrogens (tertiary/aromatic N) is 1. The predicted molar refractivity (Wildman–Crippen MR) is 66.3 cm³/mol. The number of likely N-dealkylation sites (tertiary alicyclic amines) is 1. The third-order valence-electron chi connectivity index (χ3n) is 2.89. The van der Waals surface area contributed by atoms with E-state index in [0.717, 1.165) is 12.0 Å². The van der Waals surface area contributed by atoms with E-state index in [1.807, 2.05) is 13.0 Å². The average molecular weight is 252 g/mol. The van der Waals surface area contributed by atoms with E-state index < -0.39 is 0 Å². The topological polar surface area (TPSA) is 37.4 Å². The van der Waals surface area contributed by atoms with E-state index in [1.54, 1.807) is 17.0 Å². The van der Waals surface area contributed by atoms with E-state index in [-0.39, 0.29) is 18.2 Å². The van der Waals surface area contributed by atoms with Crippen molar-refractivity contribution in [3.8, 4) is 0 Å². The number of aryl methyl sites for hydroxylation is 1. The molecule has 1 aromatic rings. The maximum atomic E-state index is 12.2. The summed E-state index contributed by atoms with van der Waals surface area (Å²) in [6, 6.07) is 5.34. The first-order chi connectivity index (χ1) is 8.08. The molecule has 0 atom stereocenters. The van der Waals surface area contributed by atoms with Gasteiger partial charge in [-0.3, -0.25) is 9.59 Å². The Morgan fingerprint density at radius 1 is 1.41 bits per heavy atom. The lowest BCUT2D eigenvalue weighted by atomic mass is 10.1. The highest BCUT2D eigenvalue weighted by atomic mass is 35.5. The summed E-state index contributed by atoms with van der Waals surface area (Å²) in [6.45, 7) is 2.77. The van der Waals surface area contributed by atoms with Gasteiger partial charge in [0.15, 0.2) is 5.78 Å². The summed E-state index contributed by atoms with van der Waals surface area (Å²) in [7, 11) is 0. The van der Waals surface area contributed by atoms with Crippen molar-refractivity contribution >= 4 is 23.3 Å². The van der Waals surface area contributed by atoms with Crippen LogP contribution >= 0.6 is 11.6 Å². The van der Waals surface area contributed by atoms with Gasteiger partial charge in [0, 0.05) is 13.0 Å². The number of rotatable bonds is 1. The Labute approximate surface area is 105 Å². The molecular weight excluding hydrogens is 238 g/mol. The first-order valence-electron chi connectivity index (χ1n) is 5.65. The highest BCUT2D eigenvalue weighted by Gasteiger charge is 2.23. The highest BCUT2D eigenvalue weighted by Crippen LogP contribution is 2.20. The lowest BCUT2D eigenvalue weighted by molar-refractivity contribution is -0.121. The fraction of sp³-hybridized carbons (Fsp3) is 0.385. The molecule has 1 aliphatic rings. The van der Waals surface area contributed by atoms with E-state index in [1.165, 1.54) is 0 Å². The van der Waals surface area contributed by atoms with Gasteiger partial charge < -0.3 is 4.90 Å². The van der Waals surface area contributed by atoms with Gasteiger partial charge in [-0.25, -0.2) is 0 Å². The molecule has 0 bridgehead atoms. The van der Waals surface area contributed by atoms with Gasteiger partial charge in [0.2, 0.25) is 0 Å². The number of benzene rings is 1. The van der Waals surface area contributed by atoms with Crippen molar-refractivity contribution in [1.82, 2.24) is 4.90 Å². The van der Waals surface area contributed by atoms with Gasteiger partial charge >= 0.3 is 0 Å². The van der Waals surface area contributed by atoms with Crippen molar-refractivity contribution in [2.24, 2.45) is 0 Å². The molecule has 0 aliphatic carbocycles. The van der Waals surface area contributed by atoms with Crippen LogP contribution in [0.2, 0.25) is 5.02 Å². The summed E-state index contributed by atoms with van der Waals surface area (Å²) in [5.74, 6) is -0.0316. The van der Waals surface area contributed by atoms with Gasteiger partial charge in [-0.2, -0.15) is 0 Å². The minimum atomic E-state index is -0.150. The zero-order valence-corrected chi connectivity index (χ0v) is 10.5. The van der Waals surface area contributed by atoms with Crippen LogP contribution in [-0.2, 0) is 4.79 Å². The number of hydrogen-bond donors (Lipinski definition) is 0. The average Bonchev–Trinajstić information content (AvgIpc) is 2.28. The maximum Gasteiger partial charge on any atom is 0.255 e. The fourth-order valence-electron chi connectivity index (χ4n) is 1.98. The van der Waals surface area contributed by atoms with Crippen LogP contribution in [0.15, 0.2) is 18.2 Å². The van der Waals surface area contributed by atoms with E-state index in [9.17, 15) is 9.59 Å². The summed E-state index contributed by atoms with van der Waals surface area (Å²) < 4.78 is 0. The van der Waals surface area contributed by atoms with E-state index in [0.29, 0.717) is 23.6 Å². The van der Waals surface area contributed by atoms with Crippen LogP contribution in [0.3, 0.4) is 0 Å². The zero-order chi connectivity index (χ0) is 12.4. The van der Waals surface area contributed by atoms with E-state index >= 15 is 0 Å². The second-order valence-corrected chi connectivity index (χ2v) is 4.76. The van der Waals surface area contributed by atoms with Gasteiger partial charge in [-0.1, -0.05) is 17.7 Å². The second-order valence-electron chi connectivity index (χ2n) is 4.35. The lowest BCUT2D eigenvalue weighted by Gasteiger charge is -2.26. The van der Waals surface area contributed by atoms with Crippen LogP contribution in [0.4, 0.5) is 0 Å². The normalized spacial score (nSPS) is 16.1. The maximum absolute atomic E-state index is 12.2. The molecule has 17 heavy (non-hydrogen) atoms. The summed E-state index contributed by atoms with van der Waals surface area (Å²) in [5.41, 5.74) is 1.49. The minimum Gasteiger partial charge on any atom is -0.331 e. The SMILES string of the molecule is Cc1ccc(C(=O)N2CCCC(=O)C2)c(Cl)c1. The van der Waals surface area contributed by atoms with E-state index in [4.69, 9.17) is 11.6 Å². The quantitative estimate of drug-likeness (QED) is 0.769. The molecule has 1 aliphatic heterocycles. The van der Waals surface area contributed by atoms with Gasteiger partial charge in [-0.15, -0.1) is 0 Å². The minimum absolute atomic E-state index is 0.118. The molecule has 1 amide bonds. The summed E-state index contributed by atoms with van der Waals surface area (Å²) in [6.07, 6.45) is 1.32. The summed E-state index contributed by atoms with van der Waals surface area (Å²) in [4.78, 5) is 25.1. The molecule has 0 spiro atoms. The smallest absolute Gasteiger partial charge is 0.255 e. The molecule has 0 radical (unpaired) electrons. The molecule has 0 saturated carbocycles. The molecule has 1 saturated heterocycles. The number of hydrogen-bond acceptors (Lipinski definition) is 2. The number of halogens is 1. The largest absolute Gasteiger partial charge is 0.331 e. The molecule has 1 aromatic carbocycles. The number of amides is 1. The van der Waals surface area contributed by atoms with Gasteiger partial charge in [0.1, 0.15) is 0 Å².